The molecule has 0 aliphatic carbocycles. The summed E-state index contributed by atoms with van der Waals surface area (Å²) in [5.41, 5.74) is 3.24. The van der Waals surface area contributed by atoms with E-state index in [0.717, 1.165) is 33.3 Å². The highest BCUT2D eigenvalue weighted by Crippen LogP contribution is 2.31. The van der Waals surface area contributed by atoms with Gasteiger partial charge in [-0.05, 0) is 53.8 Å². The number of rotatable bonds is 5. The first-order valence-corrected chi connectivity index (χ1v) is 7.44. The number of nitrogens with one attached hydrogen (secondary N) is 1. The number of nitrogens with zero attached hydrogens (tertiary/aromatic N) is 1. The van der Waals surface area contributed by atoms with E-state index < -0.39 is 0 Å². The van der Waals surface area contributed by atoms with E-state index in [-0.39, 0.29) is 0 Å². The second-order valence-corrected chi connectivity index (χ2v) is 5.79. The monoisotopic (exact) mass is 304 g/mol. The second kappa shape index (κ2) is 6.81. The van der Waals surface area contributed by atoms with Gasteiger partial charge in [-0.15, -0.1) is 0 Å². The lowest BCUT2D eigenvalue weighted by molar-refractivity contribution is 0.303. The molecule has 0 aliphatic heterocycles. The summed E-state index contributed by atoms with van der Waals surface area (Å²) >= 11 is 6.28. The van der Waals surface area contributed by atoms with E-state index in [0.29, 0.717) is 12.5 Å². The van der Waals surface area contributed by atoms with E-state index in [4.69, 9.17) is 16.3 Å². The summed E-state index contributed by atoms with van der Waals surface area (Å²) in [7, 11) is 1.85. The van der Waals surface area contributed by atoms with Crippen molar-refractivity contribution in [3.05, 3.63) is 52.2 Å². The molecule has 0 saturated carbocycles. The van der Waals surface area contributed by atoms with Crippen molar-refractivity contribution in [2.24, 2.45) is 0 Å². The van der Waals surface area contributed by atoms with E-state index >= 15 is 0 Å². The number of halogens is 1. The fourth-order valence-corrected chi connectivity index (χ4v) is 2.56. The molecule has 112 valence electrons. The Hall–Kier alpha value is -1.74. The maximum absolute atomic E-state index is 6.28. The number of hydrogen-bond acceptors (Lipinski definition) is 3. The summed E-state index contributed by atoms with van der Waals surface area (Å²) < 4.78 is 5.95. The van der Waals surface area contributed by atoms with E-state index in [2.05, 4.69) is 24.1 Å². The van der Waals surface area contributed by atoms with Gasteiger partial charge in [-0.1, -0.05) is 25.4 Å². The molecule has 1 aromatic heterocycles. The van der Waals surface area contributed by atoms with Gasteiger partial charge in [-0.25, -0.2) is 4.98 Å². The smallest absolute Gasteiger partial charge is 0.126 e. The van der Waals surface area contributed by atoms with Crippen molar-refractivity contribution in [3.8, 4) is 5.75 Å². The molecule has 1 aromatic carbocycles. The standard InChI is InChI=1S/C17H21ClN2O/c1-11(2)14-9-16(12(3)7-15(14)18)21-10-13-5-6-20-17(8-13)19-4/h5-9,11H,10H2,1-4H3,(H,19,20). The highest BCUT2D eigenvalue weighted by Gasteiger charge is 2.10. The quantitative estimate of drug-likeness (QED) is 0.862. The van der Waals surface area contributed by atoms with Crippen LogP contribution in [-0.2, 0) is 6.61 Å². The predicted octanol–water partition coefficient (Wildman–Crippen LogP) is 4.79. The van der Waals surface area contributed by atoms with E-state index in [9.17, 15) is 0 Å². The molecule has 0 radical (unpaired) electrons. The van der Waals surface area contributed by atoms with Crippen LogP contribution in [0.4, 0.5) is 5.82 Å². The van der Waals surface area contributed by atoms with Crippen LogP contribution in [0.25, 0.3) is 0 Å². The number of ether oxygens (including phenoxy) is 1. The van der Waals surface area contributed by atoms with Gasteiger partial charge in [-0.3, -0.25) is 0 Å². The van der Waals surface area contributed by atoms with Crippen molar-refractivity contribution in [1.82, 2.24) is 4.98 Å². The van der Waals surface area contributed by atoms with Crippen LogP contribution in [0, 0.1) is 6.92 Å². The van der Waals surface area contributed by atoms with Gasteiger partial charge in [0, 0.05) is 18.3 Å². The molecule has 0 aliphatic rings. The molecule has 1 N–H and O–H groups in total. The minimum atomic E-state index is 0.372. The van der Waals surface area contributed by atoms with Crippen molar-refractivity contribution in [3.63, 3.8) is 0 Å². The van der Waals surface area contributed by atoms with Crippen LogP contribution in [0.3, 0.4) is 0 Å². The Morgan fingerprint density at radius 1 is 1.29 bits per heavy atom. The number of benzene rings is 1. The van der Waals surface area contributed by atoms with Crippen molar-refractivity contribution in [2.45, 2.75) is 33.3 Å². The molecule has 0 amide bonds. The summed E-state index contributed by atoms with van der Waals surface area (Å²) in [4.78, 5) is 4.20. The summed E-state index contributed by atoms with van der Waals surface area (Å²) in [6.07, 6.45) is 1.78. The van der Waals surface area contributed by atoms with Gasteiger partial charge in [0.2, 0.25) is 0 Å². The Kier molecular flexibility index (Phi) is 5.07. The largest absolute Gasteiger partial charge is 0.489 e. The summed E-state index contributed by atoms with van der Waals surface area (Å²) in [6.45, 7) is 6.78. The first-order chi connectivity index (χ1) is 10.0. The lowest BCUT2D eigenvalue weighted by Gasteiger charge is -2.15. The Labute approximate surface area is 131 Å². The maximum Gasteiger partial charge on any atom is 0.126 e. The third kappa shape index (κ3) is 3.88. The van der Waals surface area contributed by atoms with Gasteiger partial charge in [-0.2, -0.15) is 0 Å². The molecular formula is C17H21ClN2O. The van der Waals surface area contributed by atoms with Crippen LogP contribution in [0.15, 0.2) is 30.5 Å². The molecule has 21 heavy (non-hydrogen) atoms. The maximum atomic E-state index is 6.28. The molecular weight excluding hydrogens is 284 g/mol. The van der Waals surface area contributed by atoms with E-state index in [1.807, 2.05) is 38.2 Å². The highest BCUT2D eigenvalue weighted by molar-refractivity contribution is 6.31. The van der Waals surface area contributed by atoms with E-state index in [1.165, 1.54) is 0 Å². The molecule has 1 heterocycles. The lowest BCUT2D eigenvalue weighted by Crippen LogP contribution is -2.01. The molecule has 0 fully saturated rings. The number of aryl methyl sites for hydroxylation is 1. The molecule has 0 saturated heterocycles. The van der Waals surface area contributed by atoms with Crippen LogP contribution < -0.4 is 10.1 Å². The van der Waals surface area contributed by atoms with Crippen LogP contribution >= 0.6 is 11.6 Å². The predicted molar refractivity (Wildman–Crippen MR) is 88.4 cm³/mol. The zero-order valence-electron chi connectivity index (χ0n) is 12.9. The van der Waals surface area contributed by atoms with Gasteiger partial charge in [0.15, 0.2) is 0 Å². The molecule has 0 spiro atoms. The normalized spacial score (nSPS) is 10.8. The molecule has 2 aromatic rings. The molecule has 0 unspecified atom stereocenters. The van der Waals surface area contributed by atoms with Crippen molar-refractivity contribution in [1.29, 1.82) is 0 Å². The van der Waals surface area contributed by atoms with Crippen molar-refractivity contribution < 1.29 is 4.74 Å². The summed E-state index contributed by atoms with van der Waals surface area (Å²) in [6, 6.07) is 7.95. The first kappa shape index (κ1) is 15.6. The zero-order chi connectivity index (χ0) is 15.4. The van der Waals surface area contributed by atoms with Crippen molar-refractivity contribution in [2.75, 3.05) is 12.4 Å². The Bertz CT molecular complexity index is 626. The number of pyridine rings is 1. The summed E-state index contributed by atoms with van der Waals surface area (Å²) in [5.74, 6) is 2.09. The number of anilines is 1. The third-order valence-corrected chi connectivity index (χ3v) is 3.72. The minimum absolute atomic E-state index is 0.372. The van der Waals surface area contributed by atoms with Gasteiger partial charge in [0.1, 0.15) is 18.2 Å². The third-order valence-electron chi connectivity index (χ3n) is 3.39. The van der Waals surface area contributed by atoms with Gasteiger partial charge in [0.05, 0.1) is 0 Å². The van der Waals surface area contributed by atoms with Gasteiger partial charge in [0.25, 0.3) is 0 Å². The number of hydrogen-bond donors (Lipinski definition) is 1. The summed E-state index contributed by atoms with van der Waals surface area (Å²) in [5, 5.41) is 3.83. The fraction of sp³-hybridized carbons (Fsp3) is 0.353. The Balaban J connectivity index is 2.17. The Morgan fingerprint density at radius 3 is 2.71 bits per heavy atom. The second-order valence-electron chi connectivity index (χ2n) is 5.38. The average Bonchev–Trinajstić information content (AvgIpc) is 2.46. The molecule has 4 heteroatoms. The lowest BCUT2D eigenvalue weighted by atomic mass is 10.0. The van der Waals surface area contributed by atoms with Crippen molar-refractivity contribution >= 4 is 17.4 Å². The average molecular weight is 305 g/mol. The molecule has 3 nitrogen and oxygen atoms in total. The van der Waals surface area contributed by atoms with Gasteiger partial charge < -0.3 is 10.1 Å². The molecule has 0 bridgehead atoms. The topological polar surface area (TPSA) is 34.1 Å². The van der Waals surface area contributed by atoms with E-state index in [1.54, 1.807) is 6.20 Å². The molecule has 0 atom stereocenters. The van der Waals surface area contributed by atoms with Crippen LogP contribution in [0.2, 0.25) is 5.02 Å². The zero-order valence-corrected chi connectivity index (χ0v) is 13.7. The van der Waals surface area contributed by atoms with Gasteiger partial charge >= 0.3 is 0 Å². The number of aromatic nitrogens is 1. The van der Waals surface area contributed by atoms with Crippen LogP contribution in [0.5, 0.6) is 5.75 Å². The SMILES string of the molecule is CNc1cc(COc2cc(C(C)C)c(Cl)cc2C)ccn1. The molecule has 2 rings (SSSR count). The fourth-order valence-electron chi connectivity index (χ4n) is 2.13. The Morgan fingerprint density at radius 2 is 2.05 bits per heavy atom. The minimum Gasteiger partial charge on any atom is -0.489 e. The highest BCUT2D eigenvalue weighted by atomic mass is 35.5. The van der Waals surface area contributed by atoms with Crippen LogP contribution in [0.1, 0.15) is 36.5 Å². The van der Waals surface area contributed by atoms with Crippen LogP contribution in [-0.4, -0.2) is 12.0 Å². The first-order valence-electron chi connectivity index (χ1n) is 7.06.